The number of hydrogen-bond acceptors (Lipinski definition) is 2. The molecule has 1 aliphatic heterocycles. The van der Waals surface area contributed by atoms with Crippen LogP contribution in [0.3, 0.4) is 0 Å². The number of fused-ring (bicyclic) bond motifs is 1. The molecule has 1 aromatic carbocycles. The SMILES string of the molecule is CC1(C)/C(=N\O)Nc2ccccc21. The Balaban J connectivity index is 2.60. The van der Waals surface area contributed by atoms with Crippen LogP contribution in [0.4, 0.5) is 5.69 Å². The van der Waals surface area contributed by atoms with Crippen molar-refractivity contribution in [1.82, 2.24) is 0 Å². The maximum atomic E-state index is 8.80. The third kappa shape index (κ3) is 1.00. The number of nitrogens with zero attached hydrogens (tertiary/aromatic N) is 1. The average Bonchev–Trinajstić information content (AvgIpc) is 2.39. The van der Waals surface area contributed by atoms with E-state index in [1.54, 1.807) is 0 Å². The van der Waals surface area contributed by atoms with Gasteiger partial charge in [0.2, 0.25) is 0 Å². The number of oxime groups is 1. The second-order valence-corrected chi connectivity index (χ2v) is 3.74. The Bertz CT molecular complexity index is 369. The molecule has 0 atom stereocenters. The van der Waals surface area contributed by atoms with Gasteiger partial charge in [-0.3, -0.25) is 0 Å². The zero-order valence-electron chi connectivity index (χ0n) is 7.70. The largest absolute Gasteiger partial charge is 0.409 e. The van der Waals surface area contributed by atoms with Crippen molar-refractivity contribution in [3.05, 3.63) is 29.8 Å². The minimum absolute atomic E-state index is 0.217. The van der Waals surface area contributed by atoms with Crippen LogP contribution in [0, 0.1) is 0 Å². The molecular weight excluding hydrogens is 164 g/mol. The Morgan fingerprint density at radius 1 is 1.31 bits per heavy atom. The Morgan fingerprint density at radius 3 is 2.62 bits per heavy atom. The third-order valence-corrected chi connectivity index (χ3v) is 2.55. The summed E-state index contributed by atoms with van der Waals surface area (Å²) in [5, 5.41) is 15.1. The van der Waals surface area contributed by atoms with Crippen molar-refractivity contribution in [2.75, 3.05) is 5.32 Å². The molecule has 0 unspecified atom stereocenters. The van der Waals surface area contributed by atoms with Crippen molar-refractivity contribution >= 4 is 11.5 Å². The molecule has 1 aliphatic rings. The minimum atomic E-state index is -0.217. The van der Waals surface area contributed by atoms with Gasteiger partial charge < -0.3 is 10.5 Å². The number of hydrogen-bond donors (Lipinski definition) is 2. The van der Waals surface area contributed by atoms with Crippen LogP contribution in [0.5, 0.6) is 0 Å². The van der Waals surface area contributed by atoms with E-state index in [1.807, 2.05) is 38.1 Å². The van der Waals surface area contributed by atoms with Crippen molar-refractivity contribution < 1.29 is 5.21 Å². The van der Waals surface area contributed by atoms with Gasteiger partial charge in [0.05, 0.1) is 5.41 Å². The first-order chi connectivity index (χ1) is 6.16. The van der Waals surface area contributed by atoms with Crippen LogP contribution < -0.4 is 5.32 Å². The fourth-order valence-electron chi connectivity index (χ4n) is 1.70. The van der Waals surface area contributed by atoms with E-state index in [9.17, 15) is 0 Å². The Morgan fingerprint density at radius 2 is 2.00 bits per heavy atom. The van der Waals surface area contributed by atoms with Crippen molar-refractivity contribution in [3.63, 3.8) is 0 Å². The molecule has 0 amide bonds. The monoisotopic (exact) mass is 176 g/mol. The van der Waals surface area contributed by atoms with Gasteiger partial charge in [0.1, 0.15) is 0 Å². The van der Waals surface area contributed by atoms with Gasteiger partial charge >= 0.3 is 0 Å². The predicted molar refractivity (Wildman–Crippen MR) is 52.3 cm³/mol. The molecule has 3 heteroatoms. The van der Waals surface area contributed by atoms with Gasteiger partial charge in [0.15, 0.2) is 5.84 Å². The molecule has 2 N–H and O–H groups in total. The highest BCUT2D eigenvalue weighted by Crippen LogP contribution is 2.37. The molecule has 0 radical (unpaired) electrons. The molecule has 68 valence electrons. The van der Waals surface area contributed by atoms with Gasteiger partial charge in [-0.05, 0) is 25.5 Å². The average molecular weight is 176 g/mol. The zero-order valence-corrected chi connectivity index (χ0v) is 7.70. The van der Waals surface area contributed by atoms with Crippen molar-refractivity contribution in [3.8, 4) is 0 Å². The number of benzene rings is 1. The van der Waals surface area contributed by atoms with Gasteiger partial charge in [-0.2, -0.15) is 0 Å². The summed E-state index contributed by atoms with van der Waals surface area (Å²) >= 11 is 0. The molecule has 1 aromatic rings. The molecule has 0 saturated carbocycles. The normalized spacial score (nSPS) is 21.2. The summed E-state index contributed by atoms with van der Waals surface area (Å²) in [6, 6.07) is 7.97. The Kier molecular flexibility index (Phi) is 1.55. The van der Waals surface area contributed by atoms with Crippen LogP contribution >= 0.6 is 0 Å². The van der Waals surface area contributed by atoms with Gasteiger partial charge in [-0.15, -0.1) is 0 Å². The molecule has 0 saturated heterocycles. The predicted octanol–water partition coefficient (Wildman–Crippen LogP) is 2.18. The summed E-state index contributed by atoms with van der Waals surface area (Å²) in [6.45, 7) is 4.06. The maximum absolute atomic E-state index is 8.80. The second kappa shape index (κ2) is 2.49. The van der Waals surface area contributed by atoms with Gasteiger partial charge in [0.25, 0.3) is 0 Å². The smallest absolute Gasteiger partial charge is 0.156 e. The van der Waals surface area contributed by atoms with E-state index < -0.39 is 0 Å². The van der Waals surface area contributed by atoms with E-state index in [0.29, 0.717) is 5.84 Å². The number of rotatable bonds is 0. The summed E-state index contributed by atoms with van der Waals surface area (Å²) < 4.78 is 0. The van der Waals surface area contributed by atoms with Crippen LogP contribution in [-0.2, 0) is 5.41 Å². The molecule has 0 aliphatic carbocycles. The summed E-state index contributed by atoms with van der Waals surface area (Å²) in [7, 11) is 0. The first-order valence-corrected chi connectivity index (χ1v) is 4.25. The summed E-state index contributed by atoms with van der Waals surface area (Å²) in [5.74, 6) is 0.605. The van der Waals surface area contributed by atoms with E-state index in [2.05, 4.69) is 10.5 Å². The fourth-order valence-corrected chi connectivity index (χ4v) is 1.70. The number of nitrogens with one attached hydrogen (secondary N) is 1. The summed E-state index contributed by atoms with van der Waals surface area (Å²) in [5.41, 5.74) is 1.98. The first kappa shape index (κ1) is 8.10. The summed E-state index contributed by atoms with van der Waals surface area (Å²) in [4.78, 5) is 0. The van der Waals surface area contributed by atoms with Crippen LogP contribution in [0.15, 0.2) is 29.4 Å². The highest BCUT2D eigenvalue weighted by Gasteiger charge is 2.36. The van der Waals surface area contributed by atoms with Gasteiger partial charge in [-0.25, -0.2) is 0 Å². The highest BCUT2D eigenvalue weighted by atomic mass is 16.4. The van der Waals surface area contributed by atoms with E-state index in [-0.39, 0.29) is 5.41 Å². The second-order valence-electron chi connectivity index (χ2n) is 3.74. The lowest BCUT2D eigenvalue weighted by Crippen LogP contribution is -2.27. The summed E-state index contributed by atoms with van der Waals surface area (Å²) in [6.07, 6.45) is 0. The Labute approximate surface area is 77.1 Å². The zero-order chi connectivity index (χ0) is 9.47. The van der Waals surface area contributed by atoms with Crippen LogP contribution in [0.1, 0.15) is 19.4 Å². The quantitative estimate of drug-likeness (QED) is 0.470. The molecule has 0 fully saturated rings. The molecule has 0 bridgehead atoms. The van der Waals surface area contributed by atoms with E-state index in [4.69, 9.17) is 5.21 Å². The van der Waals surface area contributed by atoms with E-state index in [1.165, 1.54) is 5.56 Å². The van der Waals surface area contributed by atoms with Crippen LogP contribution in [-0.4, -0.2) is 11.0 Å². The minimum Gasteiger partial charge on any atom is -0.409 e. The van der Waals surface area contributed by atoms with Crippen LogP contribution in [0.25, 0.3) is 0 Å². The lowest BCUT2D eigenvalue weighted by molar-refractivity contribution is 0.315. The molecular formula is C10H12N2O. The number of para-hydroxylation sites is 1. The Hall–Kier alpha value is -1.51. The molecule has 2 rings (SSSR count). The highest BCUT2D eigenvalue weighted by molar-refractivity contribution is 6.08. The van der Waals surface area contributed by atoms with Gasteiger partial charge in [0, 0.05) is 5.69 Å². The first-order valence-electron chi connectivity index (χ1n) is 4.25. The topological polar surface area (TPSA) is 44.6 Å². The third-order valence-electron chi connectivity index (χ3n) is 2.55. The van der Waals surface area contributed by atoms with Crippen molar-refractivity contribution in [2.45, 2.75) is 19.3 Å². The number of amidine groups is 1. The molecule has 0 spiro atoms. The standard InChI is InChI=1S/C10H12N2O/c1-10(2)7-5-3-4-6-8(7)11-9(10)12-13/h3-6,13H,1-2H3,(H,11,12). The molecule has 13 heavy (non-hydrogen) atoms. The molecule has 0 aromatic heterocycles. The lowest BCUT2D eigenvalue weighted by atomic mass is 9.86. The van der Waals surface area contributed by atoms with Crippen molar-refractivity contribution in [1.29, 1.82) is 0 Å². The van der Waals surface area contributed by atoms with Crippen LogP contribution in [0.2, 0.25) is 0 Å². The fraction of sp³-hybridized carbons (Fsp3) is 0.300. The van der Waals surface area contributed by atoms with Gasteiger partial charge in [-0.1, -0.05) is 23.4 Å². The number of anilines is 1. The molecule has 3 nitrogen and oxygen atoms in total. The van der Waals surface area contributed by atoms with E-state index in [0.717, 1.165) is 5.69 Å². The maximum Gasteiger partial charge on any atom is 0.156 e. The molecule has 1 heterocycles. The van der Waals surface area contributed by atoms with Crippen molar-refractivity contribution in [2.24, 2.45) is 5.16 Å². The lowest BCUT2D eigenvalue weighted by Gasteiger charge is -2.16. The van der Waals surface area contributed by atoms with E-state index >= 15 is 0 Å².